The molecule has 0 aromatic heterocycles. The fraction of sp³-hybridized carbons (Fsp3) is 0.833. The van der Waals surface area contributed by atoms with E-state index in [2.05, 4.69) is 32.2 Å². The summed E-state index contributed by atoms with van der Waals surface area (Å²) >= 11 is 0. The van der Waals surface area contributed by atoms with E-state index in [-0.39, 0.29) is 0 Å². The molecule has 0 saturated heterocycles. The molecule has 0 radical (unpaired) electrons. The second-order valence-corrected chi connectivity index (χ2v) is 4.41. The van der Waals surface area contributed by atoms with Crippen LogP contribution in [0.25, 0.3) is 0 Å². The maximum atomic E-state index is 3.59. The van der Waals surface area contributed by atoms with Crippen molar-refractivity contribution in [2.75, 3.05) is 6.54 Å². The third kappa shape index (κ3) is 3.51. The number of hydrogen-bond donors (Lipinski definition) is 1. The minimum absolute atomic E-state index is 0.660. The molecule has 76 valence electrons. The van der Waals surface area contributed by atoms with Gasteiger partial charge in [-0.05, 0) is 38.1 Å². The van der Waals surface area contributed by atoms with Crippen molar-refractivity contribution in [1.29, 1.82) is 0 Å². The third-order valence-electron chi connectivity index (χ3n) is 2.68. The minimum atomic E-state index is 0.660. The van der Waals surface area contributed by atoms with Crippen LogP contribution in [0.5, 0.6) is 0 Å². The lowest BCUT2D eigenvalue weighted by molar-refractivity contribution is 0.461. The van der Waals surface area contributed by atoms with Gasteiger partial charge < -0.3 is 5.32 Å². The normalized spacial score (nSPS) is 19.2. The van der Waals surface area contributed by atoms with Crippen molar-refractivity contribution in [1.82, 2.24) is 5.32 Å². The molecule has 1 nitrogen and oxygen atoms in total. The van der Waals surface area contributed by atoms with Crippen LogP contribution in [0.3, 0.4) is 0 Å². The standard InChI is InChI=1S/C12H23N/c1-4-13-12(9-10(2)3)11-7-5-6-8-11/h7,10,12-13H,4-6,8-9H2,1-3H3. The Balaban J connectivity index is 2.45. The summed E-state index contributed by atoms with van der Waals surface area (Å²) in [5.41, 5.74) is 1.66. The van der Waals surface area contributed by atoms with E-state index in [1.54, 1.807) is 5.57 Å². The van der Waals surface area contributed by atoms with Crippen molar-refractivity contribution >= 4 is 0 Å². The van der Waals surface area contributed by atoms with Crippen molar-refractivity contribution in [3.05, 3.63) is 11.6 Å². The fourth-order valence-corrected chi connectivity index (χ4v) is 2.10. The third-order valence-corrected chi connectivity index (χ3v) is 2.68. The summed E-state index contributed by atoms with van der Waals surface area (Å²) in [6, 6.07) is 0.660. The highest BCUT2D eigenvalue weighted by Gasteiger charge is 2.16. The van der Waals surface area contributed by atoms with Gasteiger partial charge in [0.1, 0.15) is 0 Å². The molecular weight excluding hydrogens is 158 g/mol. The van der Waals surface area contributed by atoms with Crippen LogP contribution in [0.4, 0.5) is 0 Å². The zero-order chi connectivity index (χ0) is 9.68. The molecular formula is C12H23N. The lowest BCUT2D eigenvalue weighted by atomic mass is 9.96. The zero-order valence-electron chi connectivity index (χ0n) is 9.27. The monoisotopic (exact) mass is 181 g/mol. The molecule has 1 aliphatic rings. The first kappa shape index (κ1) is 10.8. The highest BCUT2D eigenvalue weighted by atomic mass is 14.9. The van der Waals surface area contributed by atoms with Crippen LogP contribution in [0.2, 0.25) is 0 Å². The van der Waals surface area contributed by atoms with Crippen molar-refractivity contribution in [3.63, 3.8) is 0 Å². The second kappa shape index (κ2) is 5.43. The van der Waals surface area contributed by atoms with Crippen LogP contribution in [0, 0.1) is 5.92 Å². The summed E-state index contributed by atoms with van der Waals surface area (Å²) in [6.45, 7) is 7.90. The molecule has 1 aliphatic carbocycles. The Labute approximate surface area is 82.6 Å². The first-order valence-corrected chi connectivity index (χ1v) is 5.66. The Kier molecular flexibility index (Phi) is 4.51. The van der Waals surface area contributed by atoms with E-state index < -0.39 is 0 Å². The van der Waals surface area contributed by atoms with Crippen molar-refractivity contribution in [3.8, 4) is 0 Å². The molecule has 1 N–H and O–H groups in total. The molecule has 1 heteroatoms. The lowest BCUT2D eigenvalue weighted by Gasteiger charge is -2.21. The predicted molar refractivity (Wildman–Crippen MR) is 58.9 cm³/mol. The molecule has 0 amide bonds. The van der Waals surface area contributed by atoms with Gasteiger partial charge >= 0.3 is 0 Å². The number of rotatable bonds is 5. The number of allylic oxidation sites excluding steroid dienone is 1. The topological polar surface area (TPSA) is 12.0 Å². The van der Waals surface area contributed by atoms with E-state index in [1.165, 1.54) is 25.7 Å². The largest absolute Gasteiger partial charge is 0.311 e. The van der Waals surface area contributed by atoms with Gasteiger partial charge in [-0.3, -0.25) is 0 Å². The van der Waals surface area contributed by atoms with Crippen LogP contribution >= 0.6 is 0 Å². The Morgan fingerprint density at radius 3 is 2.69 bits per heavy atom. The molecule has 0 spiro atoms. The van der Waals surface area contributed by atoms with Gasteiger partial charge in [-0.2, -0.15) is 0 Å². The van der Waals surface area contributed by atoms with Gasteiger partial charge in [0, 0.05) is 6.04 Å². The van der Waals surface area contributed by atoms with E-state index in [9.17, 15) is 0 Å². The summed E-state index contributed by atoms with van der Waals surface area (Å²) in [6.07, 6.45) is 7.73. The Morgan fingerprint density at radius 2 is 2.23 bits per heavy atom. The first-order valence-electron chi connectivity index (χ1n) is 5.66. The van der Waals surface area contributed by atoms with Gasteiger partial charge in [-0.25, -0.2) is 0 Å². The molecule has 1 atom stereocenters. The zero-order valence-corrected chi connectivity index (χ0v) is 9.27. The molecule has 1 unspecified atom stereocenters. The van der Waals surface area contributed by atoms with E-state index in [4.69, 9.17) is 0 Å². The molecule has 0 aliphatic heterocycles. The molecule has 0 bridgehead atoms. The van der Waals surface area contributed by atoms with Gasteiger partial charge in [0.05, 0.1) is 0 Å². The van der Waals surface area contributed by atoms with Gasteiger partial charge in [0.2, 0.25) is 0 Å². The van der Waals surface area contributed by atoms with Crippen LogP contribution in [-0.4, -0.2) is 12.6 Å². The number of likely N-dealkylation sites (N-methyl/N-ethyl adjacent to an activating group) is 1. The summed E-state index contributed by atoms with van der Waals surface area (Å²) in [5, 5.41) is 3.59. The molecule has 0 heterocycles. The second-order valence-electron chi connectivity index (χ2n) is 4.41. The minimum Gasteiger partial charge on any atom is -0.311 e. The van der Waals surface area contributed by atoms with E-state index >= 15 is 0 Å². The SMILES string of the molecule is CCNC(CC(C)C)C1=CCCC1. The first-order chi connectivity index (χ1) is 6.24. The molecule has 0 aromatic rings. The van der Waals surface area contributed by atoms with E-state index in [0.29, 0.717) is 6.04 Å². The summed E-state index contributed by atoms with van der Waals surface area (Å²) < 4.78 is 0. The van der Waals surface area contributed by atoms with Crippen molar-refractivity contribution in [2.24, 2.45) is 5.92 Å². The molecule has 13 heavy (non-hydrogen) atoms. The van der Waals surface area contributed by atoms with Crippen molar-refractivity contribution in [2.45, 2.75) is 52.5 Å². The van der Waals surface area contributed by atoms with E-state index in [1.807, 2.05) is 0 Å². The molecule has 0 fully saturated rings. The smallest absolute Gasteiger partial charge is 0.0281 e. The van der Waals surface area contributed by atoms with Gasteiger partial charge in [-0.15, -0.1) is 0 Å². The molecule has 0 aromatic carbocycles. The molecule has 0 saturated carbocycles. The van der Waals surface area contributed by atoms with Crippen LogP contribution < -0.4 is 5.32 Å². The summed E-state index contributed by atoms with van der Waals surface area (Å²) in [5.74, 6) is 0.797. The van der Waals surface area contributed by atoms with Crippen molar-refractivity contribution < 1.29 is 0 Å². The Bertz CT molecular complexity index is 170. The average Bonchev–Trinajstić information content (AvgIpc) is 2.54. The quantitative estimate of drug-likeness (QED) is 0.643. The maximum Gasteiger partial charge on any atom is 0.0281 e. The Morgan fingerprint density at radius 1 is 1.46 bits per heavy atom. The number of hydrogen-bond acceptors (Lipinski definition) is 1. The predicted octanol–water partition coefficient (Wildman–Crippen LogP) is 3.12. The highest BCUT2D eigenvalue weighted by Crippen LogP contribution is 2.24. The highest BCUT2D eigenvalue weighted by molar-refractivity contribution is 5.15. The van der Waals surface area contributed by atoms with Crippen LogP contribution in [-0.2, 0) is 0 Å². The van der Waals surface area contributed by atoms with Gasteiger partial charge in [0.25, 0.3) is 0 Å². The average molecular weight is 181 g/mol. The maximum absolute atomic E-state index is 3.59. The number of nitrogens with one attached hydrogen (secondary N) is 1. The summed E-state index contributed by atoms with van der Waals surface area (Å²) in [7, 11) is 0. The van der Waals surface area contributed by atoms with Crippen LogP contribution in [0.15, 0.2) is 11.6 Å². The van der Waals surface area contributed by atoms with Gasteiger partial charge in [-0.1, -0.05) is 32.4 Å². The fourth-order valence-electron chi connectivity index (χ4n) is 2.10. The molecule has 1 rings (SSSR count). The van der Waals surface area contributed by atoms with Crippen LogP contribution in [0.1, 0.15) is 46.5 Å². The summed E-state index contributed by atoms with van der Waals surface area (Å²) in [4.78, 5) is 0. The van der Waals surface area contributed by atoms with E-state index in [0.717, 1.165) is 12.5 Å². The lowest BCUT2D eigenvalue weighted by Crippen LogP contribution is -2.31. The van der Waals surface area contributed by atoms with Gasteiger partial charge in [0.15, 0.2) is 0 Å². The Hall–Kier alpha value is -0.300.